The summed E-state index contributed by atoms with van der Waals surface area (Å²) in [7, 11) is 1.55. The number of nitrogens with one attached hydrogen (secondary N) is 1. The number of fused-ring (bicyclic) bond motifs is 3. The van der Waals surface area contributed by atoms with Gasteiger partial charge in [-0.25, -0.2) is 0 Å². The van der Waals surface area contributed by atoms with Gasteiger partial charge in [0, 0.05) is 5.92 Å². The van der Waals surface area contributed by atoms with Crippen molar-refractivity contribution in [3.8, 4) is 5.75 Å². The van der Waals surface area contributed by atoms with E-state index in [-0.39, 0.29) is 29.6 Å². The number of hydrogen-bond donors (Lipinski definition) is 1. The lowest BCUT2D eigenvalue weighted by Crippen LogP contribution is -2.29. The Hall–Kier alpha value is -3.68. The second-order valence-corrected chi connectivity index (χ2v) is 7.50. The van der Waals surface area contributed by atoms with Gasteiger partial charge in [0.2, 0.25) is 11.6 Å². The SMILES string of the molecule is COc1ccc(C)cc1NC(=O)Cn1c(=O)c2nnc(C(C)C)n2c2ccccc21. The van der Waals surface area contributed by atoms with Crippen LogP contribution in [0.25, 0.3) is 16.7 Å². The number of anilines is 1. The Balaban J connectivity index is 1.80. The fourth-order valence-electron chi connectivity index (χ4n) is 3.57. The molecule has 0 aliphatic heterocycles. The molecule has 0 unspecified atom stereocenters. The zero-order valence-corrected chi connectivity index (χ0v) is 17.3. The number of ether oxygens (including phenoxy) is 1. The van der Waals surface area contributed by atoms with Crippen molar-refractivity contribution in [1.82, 2.24) is 19.2 Å². The van der Waals surface area contributed by atoms with Gasteiger partial charge in [0.05, 0.1) is 23.8 Å². The first kappa shape index (κ1) is 19.6. The molecule has 154 valence electrons. The van der Waals surface area contributed by atoms with Gasteiger partial charge in [-0.3, -0.25) is 18.6 Å². The summed E-state index contributed by atoms with van der Waals surface area (Å²) in [6, 6.07) is 13.0. The molecule has 30 heavy (non-hydrogen) atoms. The van der Waals surface area contributed by atoms with E-state index < -0.39 is 0 Å². The summed E-state index contributed by atoms with van der Waals surface area (Å²) in [5, 5.41) is 11.2. The van der Waals surface area contributed by atoms with Crippen molar-refractivity contribution < 1.29 is 9.53 Å². The number of aromatic nitrogens is 4. The fourth-order valence-corrected chi connectivity index (χ4v) is 3.57. The van der Waals surface area contributed by atoms with Crippen molar-refractivity contribution in [3.63, 3.8) is 0 Å². The summed E-state index contributed by atoms with van der Waals surface area (Å²) >= 11 is 0. The number of benzene rings is 2. The largest absolute Gasteiger partial charge is 0.495 e. The Labute approximate surface area is 173 Å². The first-order chi connectivity index (χ1) is 14.4. The van der Waals surface area contributed by atoms with Crippen molar-refractivity contribution in [2.75, 3.05) is 12.4 Å². The van der Waals surface area contributed by atoms with Crippen molar-refractivity contribution in [2.45, 2.75) is 33.2 Å². The lowest BCUT2D eigenvalue weighted by molar-refractivity contribution is -0.116. The summed E-state index contributed by atoms with van der Waals surface area (Å²) in [5.74, 6) is 1.02. The molecule has 0 bridgehead atoms. The maximum Gasteiger partial charge on any atom is 0.297 e. The van der Waals surface area contributed by atoms with E-state index in [2.05, 4.69) is 15.5 Å². The maximum atomic E-state index is 13.2. The lowest BCUT2D eigenvalue weighted by Gasteiger charge is -2.14. The highest BCUT2D eigenvalue weighted by molar-refractivity contribution is 5.93. The second-order valence-electron chi connectivity index (χ2n) is 7.50. The van der Waals surface area contributed by atoms with E-state index >= 15 is 0 Å². The summed E-state index contributed by atoms with van der Waals surface area (Å²) in [5.41, 5.74) is 2.81. The molecular formula is C22H23N5O3. The maximum absolute atomic E-state index is 13.2. The van der Waals surface area contributed by atoms with Gasteiger partial charge in [0.1, 0.15) is 18.1 Å². The molecule has 0 aliphatic carbocycles. The minimum absolute atomic E-state index is 0.0933. The molecular weight excluding hydrogens is 382 g/mol. The molecule has 0 radical (unpaired) electrons. The molecule has 1 N–H and O–H groups in total. The second kappa shape index (κ2) is 7.62. The van der Waals surface area contributed by atoms with E-state index in [1.165, 1.54) is 4.57 Å². The van der Waals surface area contributed by atoms with Crippen LogP contribution >= 0.6 is 0 Å². The molecule has 8 nitrogen and oxygen atoms in total. The molecule has 0 atom stereocenters. The molecule has 2 aromatic heterocycles. The number of carbonyl (C=O) groups is 1. The number of rotatable bonds is 5. The summed E-state index contributed by atoms with van der Waals surface area (Å²) in [6.45, 7) is 5.77. The minimum atomic E-state index is -0.362. The average molecular weight is 405 g/mol. The molecule has 2 heterocycles. The van der Waals surface area contributed by atoms with Crippen LogP contribution in [0.15, 0.2) is 47.3 Å². The van der Waals surface area contributed by atoms with Crippen molar-refractivity contribution in [3.05, 3.63) is 64.2 Å². The molecule has 4 rings (SSSR count). The molecule has 0 spiro atoms. The van der Waals surface area contributed by atoms with Crippen molar-refractivity contribution in [2.24, 2.45) is 0 Å². The average Bonchev–Trinajstić information content (AvgIpc) is 3.17. The molecule has 1 amide bonds. The van der Waals surface area contributed by atoms with E-state index in [1.54, 1.807) is 17.6 Å². The van der Waals surface area contributed by atoms with Crippen LogP contribution in [0.1, 0.15) is 31.2 Å². The van der Waals surface area contributed by atoms with Crippen LogP contribution in [0.2, 0.25) is 0 Å². The Bertz CT molecular complexity index is 1320. The number of methoxy groups -OCH3 is 1. The third-order valence-electron chi connectivity index (χ3n) is 4.99. The smallest absolute Gasteiger partial charge is 0.297 e. The standard InChI is InChI=1S/C22H23N5O3/c1-13(2)20-24-25-21-22(29)26(16-7-5-6-8-17(16)27(20)21)12-19(28)23-15-11-14(3)9-10-18(15)30-4/h5-11,13H,12H2,1-4H3,(H,23,28). The quantitative estimate of drug-likeness (QED) is 0.551. The van der Waals surface area contributed by atoms with Crippen LogP contribution in [0.5, 0.6) is 5.75 Å². The predicted octanol–water partition coefficient (Wildman–Crippen LogP) is 3.12. The normalized spacial score (nSPS) is 11.4. The zero-order chi connectivity index (χ0) is 21.4. The Morgan fingerprint density at radius 2 is 1.87 bits per heavy atom. The monoisotopic (exact) mass is 405 g/mol. The first-order valence-corrected chi connectivity index (χ1v) is 9.71. The van der Waals surface area contributed by atoms with Crippen LogP contribution in [0.3, 0.4) is 0 Å². The van der Waals surface area contributed by atoms with Crippen LogP contribution in [0.4, 0.5) is 5.69 Å². The van der Waals surface area contributed by atoms with E-state index in [4.69, 9.17) is 4.74 Å². The molecule has 0 saturated heterocycles. The number of amides is 1. The van der Waals surface area contributed by atoms with Gasteiger partial charge in [-0.2, -0.15) is 0 Å². The summed E-state index contributed by atoms with van der Waals surface area (Å²) in [4.78, 5) is 26.0. The Morgan fingerprint density at radius 1 is 1.13 bits per heavy atom. The summed E-state index contributed by atoms with van der Waals surface area (Å²) < 4.78 is 8.53. The van der Waals surface area contributed by atoms with Crippen LogP contribution < -0.4 is 15.6 Å². The first-order valence-electron chi connectivity index (χ1n) is 9.71. The molecule has 0 saturated carbocycles. The third kappa shape index (κ3) is 3.30. The molecule has 0 aliphatic rings. The van der Waals surface area contributed by atoms with Crippen molar-refractivity contribution >= 4 is 28.3 Å². The Morgan fingerprint density at radius 3 is 2.57 bits per heavy atom. The predicted molar refractivity (Wildman–Crippen MR) is 115 cm³/mol. The van der Waals surface area contributed by atoms with E-state index in [0.717, 1.165) is 11.1 Å². The van der Waals surface area contributed by atoms with Gasteiger partial charge in [0.15, 0.2) is 0 Å². The minimum Gasteiger partial charge on any atom is -0.495 e. The van der Waals surface area contributed by atoms with Crippen LogP contribution in [-0.2, 0) is 11.3 Å². The molecule has 2 aromatic carbocycles. The number of para-hydroxylation sites is 2. The number of carbonyl (C=O) groups excluding carboxylic acids is 1. The van der Waals surface area contributed by atoms with Gasteiger partial charge in [-0.1, -0.05) is 32.0 Å². The lowest BCUT2D eigenvalue weighted by atomic mass is 10.2. The van der Waals surface area contributed by atoms with Crippen LogP contribution in [-0.4, -0.2) is 32.2 Å². The van der Waals surface area contributed by atoms with Crippen LogP contribution in [0, 0.1) is 6.92 Å². The number of aryl methyl sites for hydroxylation is 1. The van der Waals surface area contributed by atoms with Gasteiger partial charge in [-0.05, 0) is 36.8 Å². The van der Waals surface area contributed by atoms with Gasteiger partial charge in [0.25, 0.3) is 5.56 Å². The van der Waals surface area contributed by atoms with E-state index in [0.29, 0.717) is 22.8 Å². The van der Waals surface area contributed by atoms with Crippen molar-refractivity contribution in [1.29, 1.82) is 0 Å². The van der Waals surface area contributed by atoms with Gasteiger partial charge in [-0.15, -0.1) is 10.2 Å². The van der Waals surface area contributed by atoms with E-state index in [9.17, 15) is 9.59 Å². The highest BCUT2D eigenvalue weighted by Gasteiger charge is 2.19. The number of nitrogens with zero attached hydrogens (tertiary/aromatic N) is 4. The fraction of sp³-hybridized carbons (Fsp3) is 0.273. The highest BCUT2D eigenvalue weighted by atomic mass is 16.5. The zero-order valence-electron chi connectivity index (χ0n) is 17.3. The molecule has 0 fully saturated rings. The topological polar surface area (TPSA) is 90.5 Å². The van der Waals surface area contributed by atoms with Gasteiger partial charge >= 0.3 is 0 Å². The third-order valence-corrected chi connectivity index (χ3v) is 4.99. The number of hydrogen-bond acceptors (Lipinski definition) is 5. The summed E-state index contributed by atoms with van der Waals surface area (Å²) in [6.07, 6.45) is 0. The van der Waals surface area contributed by atoms with E-state index in [1.807, 2.05) is 57.2 Å². The van der Waals surface area contributed by atoms with Gasteiger partial charge < -0.3 is 10.1 Å². The Kier molecular flexibility index (Phi) is 4.99. The molecule has 8 heteroatoms. The molecule has 4 aromatic rings. The highest BCUT2D eigenvalue weighted by Crippen LogP contribution is 2.25.